The van der Waals surface area contributed by atoms with Gasteiger partial charge < -0.3 is 20.1 Å². The fraction of sp³-hybridized carbons (Fsp3) is 0.421. The van der Waals surface area contributed by atoms with Gasteiger partial charge in [0.05, 0.1) is 24.8 Å². The van der Waals surface area contributed by atoms with Crippen LogP contribution in [0.2, 0.25) is 0 Å². The minimum atomic E-state index is -0.0256. The molecule has 0 aliphatic heterocycles. The van der Waals surface area contributed by atoms with Crippen molar-refractivity contribution in [1.29, 1.82) is 0 Å². The molecule has 0 spiro atoms. The Labute approximate surface area is 153 Å². The molecule has 2 N–H and O–H groups in total. The summed E-state index contributed by atoms with van der Waals surface area (Å²) in [6.07, 6.45) is 1.82. The average molecular weight is 362 g/mol. The number of nitrogens with zero attached hydrogens (tertiary/aromatic N) is 1. The Morgan fingerprint density at radius 2 is 1.80 bits per heavy atom. The molecule has 1 aromatic carbocycles. The number of ether oxygens (including phenoxy) is 2. The highest BCUT2D eigenvalue weighted by Gasteiger charge is 2.25. The van der Waals surface area contributed by atoms with Gasteiger partial charge in [0.25, 0.3) is 5.91 Å². The Morgan fingerprint density at radius 3 is 2.36 bits per heavy atom. The van der Waals surface area contributed by atoms with Gasteiger partial charge in [-0.1, -0.05) is 13.8 Å². The molecule has 0 atom stereocenters. The lowest BCUT2D eigenvalue weighted by Crippen LogP contribution is -2.33. The van der Waals surface area contributed by atoms with E-state index in [1.807, 2.05) is 28.5 Å². The van der Waals surface area contributed by atoms with Crippen LogP contribution in [0.15, 0.2) is 23.6 Å². The fourth-order valence-corrected chi connectivity index (χ4v) is 3.63. The number of amides is 1. The van der Waals surface area contributed by atoms with Gasteiger partial charge in [0.15, 0.2) is 0 Å². The molecule has 0 radical (unpaired) electrons. The third kappa shape index (κ3) is 4.07. The van der Waals surface area contributed by atoms with Crippen LogP contribution in [0.5, 0.6) is 11.5 Å². The van der Waals surface area contributed by atoms with E-state index in [4.69, 9.17) is 15.2 Å². The van der Waals surface area contributed by atoms with E-state index < -0.39 is 0 Å². The predicted octanol–water partition coefficient (Wildman–Crippen LogP) is 4.28. The molecule has 25 heavy (non-hydrogen) atoms. The molecule has 0 unspecified atom stereocenters. The van der Waals surface area contributed by atoms with Gasteiger partial charge in [0.2, 0.25) is 0 Å². The summed E-state index contributed by atoms with van der Waals surface area (Å²) in [5.41, 5.74) is 8.33. The summed E-state index contributed by atoms with van der Waals surface area (Å²) >= 11 is 1.37. The van der Waals surface area contributed by atoms with E-state index in [0.717, 1.165) is 37.1 Å². The van der Waals surface area contributed by atoms with E-state index in [1.54, 1.807) is 14.2 Å². The first kappa shape index (κ1) is 19.1. The van der Waals surface area contributed by atoms with Crippen LogP contribution in [0, 0.1) is 0 Å². The first-order valence-corrected chi connectivity index (χ1v) is 9.33. The molecule has 1 amide bonds. The Kier molecular flexibility index (Phi) is 6.70. The third-order valence-corrected chi connectivity index (χ3v) is 4.82. The minimum Gasteiger partial charge on any atom is -0.497 e. The zero-order valence-electron chi connectivity index (χ0n) is 15.3. The number of rotatable bonds is 8. The van der Waals surface area contributed by atoms with E-state index in [0.29, 0.717) is 22.1 Å². The summed E-state index contributed by atoms with van der Waals surface area (Å²) < 4.78 is 10.8. The smallest absolute Gasteiger partial charge is 0.257 e. The van der Waals surface area contributed by atoms with Crippen LogP contribution in [0.4, 0.5) is 5.00 Å². The van der Waals surface area contributed by atoms with Crippen LogP contribution < -0.4 is 15.2 Å². The first-order valence-electron chi connectivity index (χ1n) is 8.45. The molecule has 6 heteroatoms. The maximum atomic E-state index is 13.1. The summed E-state index contributed by atoms with van der Waals surface area (Å²) in [5, 5.41) is 2.44. The number of anilines is 1. The van der Waals surface area contributed by atoms with Crippen molar-refractivity contribution in [3.05, 3.63) is 29.1 Å². The third-order valence-electron chi connectivity index (χ3n) is 4.00. The van der Waals surface area contributed by atoms with Crippen molar-refractivity contribution < 1.29 is 14.3 Å². The van der Waals surface area contributed by atoms with Crippen LogP contribution in [0.3, 0.4) is 0 Å². The number of hydrogen-bond donors (Lipinski definition) is 1. The van der Waals surface area contributed by atoms with E-state index in [1.165, 1.54) is 11.3 Å². The number of thiophene rings is 1. The second-order valence-electron chi connectivity index (χ2n) is 5.75. The SMILES string of the molecule is CCCN(CCC)C(=O)c1c(-c2cc(OC)ccc2OC)csc1N. The average Bonchev–Trinajstić information content (AvgIpc) is 3.01. The fourth-order valence-electron chi connectivity index (χ4n) is 2.83. The Bertz CT molecular complexity index is 721. The highest BCUT2D eigenvalue weighted by atomic mass is 32.1. The summed E-state index contributed by atoms with van der Waals surface area (Å²) in [7, 11) is 3.23. The molecule has 0 saturated carbocycles. The number of methoxy groups -OCH3 is 2. The number of carbonyl (C=O) groups is 1. The minimum absolute atomic E-state index is 0.0256. The molecule has 2 rings (SSSR count). The van der Waals surface area contributed by atoms with Gasteiger partial charge >= 0.3 is 0 Å². The predicted molar refractivity (Wildman–Crippen MR) is 104 cm³/mol. The highest BCUT2D eigenvalue weighted by Crippen LogP contribution is 2.40. The van der Waals surface area contributed by atoms with Gasteiger partial charge in [-0.2, -0.15) is 0 Å². The largest absolute Gasteiger partial charge is 0.497 e. The van der Waals surface area contributed by atoms with Gasteiger partial charge in [-0.3, -0.25) is 4.79 Å². The quantitative estimate of drug-likeness (QED) is 0.761. The van der Waals surface area contributed by atoms with Crippen LogP contribution >= 0.6 is 11.3 Å². The lowest BCUT2D eigenvalue weighted by molar-refractivity contribution is 0.0758. The second-order valence-corrected chi connectivity index (χ2v) is 6.66. The number of nitrogens with two attached hydrogens (primary N) is 1. The summed E-state index contributed by atoms with van der Waals surface area (Å²) in [4.78, 5) is 15.0. The maximum absolute atomic E-state index is 13.1. The summed E-state index contributed by atoms with van der Waals surface area (Å²) in [6, 6.07) is 5.55. The first-order chi connectivity index (χ1) is 12.1. The van der Waals surface area contributed by atoms with Gasteiger partial charge in [0.1, 0.15) is 11.5 Å². The topological polar surface area (TPSA) is 64.8 Å². The molecular formula is C19H26N2O3S. The number of nitrogen functional groups attached to an aromatic ring is 1. The summed E-state index contributed by atoms with van der Waals surface area (Å²) in [6.45, 7) is 5.57. The molecular weight excluding hydrogens is 336 g/mol. The lowest BCUT2D eigenvalue weighted by atomic mass is 10.0. The van der Waals surface area contributed by atoms with E-state index in [-0.39, 0.29) is 5.91 Å². The molecule has 0 aliphatic rings. The molecule has 0 bridgehead atoms. The van der Waals surface area contributed by atoms with E-state index in [2.05, 4.69) is 13.8 Å². The summed E-state index contributed by atoms with van der Waals surface area (Å²) in [5.74, 6) is 1.37. The molecule has 1 heterocycles. The van der Waals surface area contributed by atoms with E-state index >= 15 is 0 Å². The van der Waals surface area contributed by atoms with Crippen molar-refractivity contribution in [2.45, 2.75) is 26.7 Å². The van der Waals surface area contributed by atoms with Crippen LogP contribution in [0.25, 0.3) is 11.1 Å². The Hall–Kier alpha value is -2.21. The molecule has 5 nitrogen and oxygen atoms in total. The zero-order chi connectivity index (χ0) is 18.4. The second kappa shape index (κ2) is 8.76. The monoisotopic (exact) mass is 362 g/mol. The normalized spacial score (nSPS) is 10.6. The van der Waals surface area contributed by atoms with Gasteiger partial charge in [-0.25, -0.2) is 0 Å². The van der Waals surface area contributed by atoms with Gasteiger partial charge in [0, 0.05) is 29.6 Å². The van der Waals surface area contributed by atoms with Gasteiger partial charge in [-0.05, 0) is 31.0 Å². The lowest BCUT2D eigenvalue weighted by Gasteiger charge is -2.22. The van der Waals surface area contributed by atoms with Crippen molar-refractivity contribution >= 4 is 22.2 Å². The van der Waals surface area contributed by atoms with Crippen molar-refractivity contribution in [1.82, 2.24) is 4.90 Å². The van der Waals surface area contributed by atoms with Crippen molar-refractivity contribution in [2.24, 2.45) is 0 Å². The molecule has 2 aromatic rings. The Morgan fingerprint density at radius 1 is 1.12 bits per heavy atom. The maximum Gasteiger partial charge on any atom is 0.257 e. The molecule has 0 aliphatic carbocycles. The van der Waals surface area contributed by atoms with Crippen molar-refractivity contribution in [3.8, 4) is 22.6 Å². The standard InChI is InChI=1S/C19H26N2O3S/c1-5-9-21(10-6-2)19(22)17-15(12-25-18(17)20)14-11-13(23-3)7-8-16(14)24-4/h7-8,11-12H,5-6,9-10,20H2,1-4H3. The van der Waals surface area contributed by atoms with Crippen LogP contribution in [-0.4, -0.2) is 38.1 Å². The number of hydrogen-bond acceptors (Lipinski definition) is 5. The molecule has 136 valence electrons. The zero-order valence-corrected chi connectivity index (χ0v) is 16.1. The number of benzene rings is 1. The van der Waals surface area contributed by atoms with Crippen LogP contribution in [-0.2, 0) is 0 Å². The van der Waals surface area contributed by atoms with Crippen molar-refractivity contribution in [2.75, 3.05) is 33.0 Å². The van der Waals surface area contributed by atoms with Crippen LogP contribution in [0.1, 0.15) is 37.0 Å². The Balaban J connectivity index is 2.54. The van der Waals surface area contributed by atoms with Crippen molar-refractivity contribution in [3.63, 3.8) is 0 Å². The number of carbonyl (C=O) groups excluding carboxylic acids is 1. The molecule has 0 saturated heterocycles. The highest BCUT2D eigenvalue weighted by molar-refractivity contribution is 7.15. The molecule has 0 fully saturated rings. The van der Waals surface area contributed by atoms with Gasteiger partial charge in [-0.15, -0.1) is 11.3 Å². The van der Waals surface area contributed by atoms with E-state index in [9.17, 15) is 4.79 Å². The molecule has 1 aromatic heterocycles.